The lowest BCUT2D eigenvalue weighted by Gasteiger charge is -2.20. The van der Waals surface area contributed by atoms with Crippen molar-refractivity contribution < 1.29 is 9.90 Å². The van der Waals surface area contributed by atoms with Crippen molar-refractivity contribution in [3.05, 3.63) is 21.9 Å². The van der Waals surface area contributed by atoms with Gasteiger partial charge in [0.05, 0.1) is 0 Å². The zero-order chi connectivity index (χ0) is 14.5. The van der Waals surface area contributed by atoms with Gasteiger partial charge in [-0.2, -0.15) is 0 Å². The molecule has 0 radical (unpaired) electrons. The van der Waals surface area contributed by atoms with Gasteiger partial charge >= 0.3 is 0 Å². The monoisotopic (exact) mass is 292 g/mol. The summed E-state index contributed by atoms with van der Waals surface area (Å²) in [7, 11) is 3.97. The van der Waals surface area contributed by atoms with E-state index >= 15 is 0 Å². The van der Waals surface area contributed by atoms with Crippen LogP contribution in [0.4, 0.5) is 0 Å². The maximum atomic E-state index is 12.5. The lowest BCUT2D eigenvalue weighted by molar-refractivity contribution is 0.0778. The minimum atomic E-state index is -0.187. The number of carbonyl (C=O) groups excluding carboxylic acids is 1. The van der Waals surface area contributed by atoms with Crippen molar-refractivity contribution >= 4 is 17.2 Å². The molecule has 0 bridgehead atoms. The number of aliphatic hydroxyl groups is 1. The molecule has 1 aliphatic rings. The SMILES string of the molecule is CN1CCC(CN(C)C(=O)c2sccc2C#CCO)C1. The zero-order valence-corrected chi connectivity index (χ0v) is 12.7. The molecule has 1 aromatic heterocycles. The van der Waals surface area contributed by atoms with Crippen molar-refractivity contribution in [1.29, 1.82) is 0 Å². The van der Waals surface area contributed by atoms with Crippen LogP contribution in [0.15, 0.2) is 11.4 Å². The molecule has 0 aliphatic carbocycles. The Balaban J connectivity index is 2.01. The minimum absolute atomic E-state index is 0.0248. The summed E-state index contributed by atoms with van der Waals surface area (Å²) in [6, 6.07) is 1.83. The summed E-state index contributed by atoms with van der Waals surface area (Å²) in [4.78, 5) is 17.2. The number of thiophene rings is 1. The highest BCUT2D eigenvalue weighted by atomic mass is 32.1. The number of amides is 1. The third kappa shape index (κ3) is 3.60. The van der Waals surface area contributed by atoms with Gasteiger partial charge in [0.25, 0.3) is 5.91 Å². The van der Waals surface area contributed by atoms with E-state index in [2.05, 4.69) is 23.8 Å². The quantitative estimate of drug-likeness (QED) is 0.849. The highest BCUT2D eigenvalue weighted by Crippen LogP contribution is 2.20. The molecular formula is C15H20N2O2S. The lowest BCUT2D eigenvalue weighted by atomic mass is 10.1. The van der Waals surface area contributed by atoms with E-state index in [1.165, 1.54) is 11.3 Å². The van der Waals surface area contributed by atoms with Crippen molar-refractivity contribution in [2.45, 2.75) is 6.42 Å². The summed E-state index contributed by atoms with van der Waals surface area (Å²) in [5.41, 5.74) is 0.712. The second-order valence-electron chi connectivity index (χ2n) is 5.23. The Kier molecular flexibility index (Phi) is 5.18. The highest BCUT2D eigenvalue weighted by molar-refractivity contribution is 7.12. The molecule has 5 heteroatoms. The van der Waals surface area contributed by atoms with E-state index in [0.717, 1.165) is 26.1 Å². The molecule has 1 saturated heterocycles. The number of hydrogen-bond acceptors (Lipinski definition) is 4. The summed E-state index contributed by atoms with van der Waals surface area (Å²) >= 11 is 1.41. The Morgan fingerprint density at radius 1 is 1.65 bits per heavy atom. The number of aliphatic hydroxyl groups excluding tert-OH is 1. The summed E-state index contributed by atoms with van der Waals surface area (Å²) in [6.07, 6.45) is 1.15. The summed E-state index contributed by atoms with van der Waals surface area (Å²) < 4.78 is 0. The van der Waals surface area contributed by atoms with Gasteiger partial charge in [0.2, 0.25) is 0 Å². The maximum Gasteiger partial charge on any atom is 0.264 e. The molecule has 0 saturated carbocycles. The zero-order valence-electron chi connectivity index (χ0n) is 11.9. The second-order valence-corrected chi connectivity index (χ2v) is 6.14. The van der Waals surface area contributed by atoms with Crippen molar-refractivity contribution in [2.75, 3.05) is 40.3 Å². The van der Waals surface area contributed by atoms with Gasteiger partial charge < -0.3 is 14.9 Å². The van der Waals surface area contributed by atoms with Gasteiger partial charge in [0.15, 0.2) is 0 Å². The van der Waals surface area contributed by atoms with E-state index in [1.807, 2.05) is 18.5 Å². The lowest BCUT2D eigenvalue weighted by Crippen LogP contribution is -2.32. The first-order valence-electron chi connectivity index (χ1n) is 6.73. The summed E-state index contributed by atoms with van der Waals surface area (Å²) in [5.74, 6) is 6.01. The first kappa shape index (κ1) is 15.0. The number of nitrogens with zero attached hydrogens (tertiary/aromatic N) is 2. The van der Waals surface area contributed by atoms with Gasteiger partial charge in [-0.1, -0.05) is 11.8 Å². The molecule has 1 N–H and O–H groups in total. The Morgan fingerprint density at radius 3 is 3.10 bits per heavy atom. The number of likely N-dealkylation sites (tertiary alicyclic amines) is 1. The van der Waals surface area contributed by atoms with Crippen LogP contribution in [-0.4, -0.2) is 61.2 Å². The molecule has 108 valence electrons. The van der Waals surface area contributed by atoms with Crippen LogP contribution in [-0.2, 0) is 0 Å². The van der Waals surface area contributed by atoms with Crippen molar-refractivity contribution in [3.63, 3.8) is 0 Å². The van der Waals surface area contributed by atoms with Gasteiger partial charge in [0, 0.05) is 25.7 Å². The van der Waals surface area contributed by atoms with Crippen LogP contribution in [0.5, 0.6) is 0 Å². The topological polar surface area (TPSA) is 43.8 Å². The molecule has 2 heterocycles. The molecule has 0 aromatic carbocycles. The number of carbonyl (C=O) groups is 1. The molecule has 1 amide bonds. The van der Waals surface area contributed by atoms with Gasteiger partial charge in [0.1, 0.15) is 11.5 Å². The fourth-order valence-corrected chi connectivity index (χ4v) is 3.37. The third-order valence-electron chi connectivity index (χ3n) is 3.53. The van der Waals surface area contributed by atoms with Gasteiger partial charge in [-0.3, -0.25) is 4.79 Å². The molecule has 1 unspecified atom stereocenters. The fourth-order valence-electron chi connectivity index (χ4n) is 2.53. The predicted octanol–water partition coefficient (Wildman–Crippen LogP) is 1.12. The predicted molar refractivity (Wildman–Crippen MR) is 80.8 cm³/mol. The van der Waals surface area contributed by atoms with E-state index in [9.17, 15) is 4.79 Å². The first-order valence-corrected chi connectivity index (χ1v) is 7.61. The molecule has 2 rings (SSSR count). The van der Waals surface area contributed by atoms with Crippen LogP contribution in [0.1, 0.15) is 21.7 Å². The average molecular weight is 292 g/mol. The van der Waals surface area contributed by atoms with Gasteiger partial charge in [-0.05, 0) is 37.4 Å². The molecule has 1 atom stereocenters. The Bertz CT molecular complexity index is 529. The van der Waals surface area contributed by atoms with Crippen molar-refractivity contribution in [1.82, 2.24) is 9.80 Å². The van der Waals surface area contributed by atoms with Crippen LogP contribution in [0.2, 0.25) is 0 Å². The van der Waals surface area contributed by atoms with E-state index in [-0.39, 0.29) is 12.5 Å². The smallest absolute Gasteiger partial charge is 0.264 e. The average Bonchev–Trinajstić information content (AvgIpc) is 3.04. The largest absolute Gasteiger partial charge is 0.384 e. The fraction of sp³-hybridized carbons (Fsp3) is 0.533. The van der Waals surface area contributed by atoms with Crippen LogP contribution >= 0.6 is 11.3 Å². The van der Waals surface area contributed by atoms with Crippen LogP contribution < -0.4 is 0 Å². The van der Waals surface area contributed by atoms with Gasteiger partial charge in [-0.25, -0.2) is 0 Å². The van der Waals surface area contributed by atoms with E-state index in [1.54, 1.807) is 4.90 Å². The third-order valence-corrected chi connectivity index (χ3v) is 4.43. The van der Waals surface area contributed by atoms with Crippen LogP contribution in [0, 0.1) is 17.8 Å². The normalized spacial score (nSPS) is 18.6. The summed E-state index contributed by atoms with van der Waals surface area (Å²) in [6.45, 7) is 2.76. The Labute approximate surface area is 124 Å². The molecule has 4 nitrogen and oxygen atoms in total. The van der Waals surface area contributed by atoms with Crippen LogP contribution in [0.25, 0.3) is 0 Å². The Morgan fingerprint density at radius 2 is 2.45 bits per heavy atom. The molecule has 20 heavy (non-hydrogen) atoms. The van der Waals surface area contributed by atoms with Crippen molar-refractivity contribution in [3.8, 4) is 11.8 Å². The molecular weight excluding hydrogens is 272 g/mol. The summed E-state index contributed by atoms with van der Waals surface area (Å²) in [5, 5.41) is 10.6. The number of hydrogen-bond donors (Lipinski definition) is 1. The van der Waals surface area contributed by atoms with E-state index in [0.29, 0.717) is 16.4 Å². The van der Waals surface area contributed by atoms with Crippen LogP contribution in [0.3, 0.4) is 0 Å². The van der Waals surface area contributed by atoms with E-state index < -0.39 is 0 Å². The van der Waals surface area contributed by atoms with Gasteiger partial charge in [-0.15, -0.1) is 11.3 Å². The van der Waals surface area contributed by atoms with Crippen molar-refractivity contribution in [2.24, 2.45) is 5.92 Å². The van der Waals surface area contributed by atoms with E-state index in [4.69, 9.17) is 5.11 Å². The molecule has 1 fully saturated rings. The Hall–Kier alpha value is -1.35. The standard InChI is InChI=1S/C15H20N2O2S/c1-16-7-5-12(10-16)11-17(2)15(19)14-13(4-3-8-18)6-9-20-14/h6,9,12,18H,5,7-8,10-11H2,1-2H3. The maximum absolute atomic E-state index is 12.5. The molecule has 1 aromatic rings. The highest BCUT2D eigenvalue weighted by Gasteiger charge is 2.24. The molecule has 1 aliphatic heterocycles. The second kappa shape index (κ2) is 6.89. The minimum Gasteiger partial charge on any atom is -0.384 e. The molecule has 0 spiro atoms. The first-order chi connectivity index (χ1) is 9.61. The number of rotatable bonds is 3.